The number of unbranched alkanes of at least 4 members (excludes halogenated alkanes) is 2. The van der Waals surface area contributed by atoms with Gasteiger partial charge in [-0.25, -0.2) is 19.6 Å². The summed E-state index contributed by atoms with van der Waals surface area (Å²) in [5, 5.41) is 30.4. The largest absolute Gasteiger partial charge is 0.459 e. The smallest absolute Gasteiger partial charge is 0.429 e. The second kappa shape index (κ2) is 32.9. The van der Waals surface area contributed by atoms with E-state index in [1.807, 2.05) is 19.9 Å². The topological polar surface area (TPSA) is 328 Å². The molecule has 81 heavy (non-hydrogen) atoms. The Kier molecular flexibility index (Phi) is 26.6. The van der Waals surface area contributed by atoms with Crippen molar-refractivity contribution < 1.29 is 71.9 Å². The van der Waals surface area contributed by atoms with Crippen molar-refractivity contribution in [1.82, 2.24) is 36.6 Å². The van der Waals surface area contributed by atoms with Crippen LogP contribution < -0.4 is 37.6 Å². The van der Waals surface area contributed by atoms with Crippen LogP contribution >= 0.6 is 15.9 Å². The summed E-state index contributed by atoms with van der Waals surface area (Å²) in [6.45, 7) is 9.95. The standard InChI is InChI=1S/C56H82BrN9O15/c1-35(14-21-45-36(2)28-44(38(4)80-45)64-48(69)23-16-37(3)79-39(5)67)15-22-46-52(73)56(34-78-56)30-42(81-46)29-51(72)65-26-9-10-27-66(65)55(76)77-33-40-17-19-41(20-18-40)62-53(74)43(12-11-25-60-54(58)75)63-50(71)32-61-47(68)13-7-6-8-24-59-49(70)31-57/h14-20,22-23,36-38,42-46,52,73H,6-13,21,24-34H2,1-5H3,(H,59,70)(H,61,68)(H,62,74)(H,63,71)(H,64,69)(H3,58,60,75)/b22-15+,23-16-,35-14+/t36?,37?,38?,42-,43?,44?,45?,46?,52-,56?/m1/s1. The predicted octanol–water partition coefficient (Wildman–Crippen LogP) is 3.60. The fraction of sp³-hybridized carbons (Fsp3) is 0.625. The number of urea groups is 1. The fourth-order valence-electron chi connectivity index (χ4n) is 9.70. The number of amides is 9. The number of hydrogen-bond acceptors (Lipinski definition) is 15. The number of nitrogens with zero attached hydrogens (tertiary/aromatic N) is 2. The molecule has 0 bridgehead atoms. The minimum atomic E-state index is -1.03. The molecule has 1 spiro atoms. The summed E-state index contributed by atoms with van der Waals surface area (Å²) in [4.78, 5) is 113. The molecule has 4 aliphatic rings. The zero-order valence-electron chi connectivity index (χ0n) is 47.0. The number of benzene rings is 1. The van der Waals surface area contributed by atoms with E-state index in [4.69, 9.17) is 29.4 Å². The SMILES string of the molecule is CC(=O)OC(C)/C=C\C(=O)NC1CC(C)C(C/C=C(C)/C=C/C2O[C@H](CC(=O)N3CCCCN3C(=O)OCc3ccc(NC(=O)C(CCCNC(N)=O)NC(=O)CNC(=O)CCCCCNC(=O)CBr)cc3)CC3(CO3)[C@@H]2O)OC1C. The van der Waals surface area contributed by atoms with Gasteiger partial charge in [0.2, 0.25) is 35.4 Å². The van der Waals surface area contributed by atoms with Crippen LogP contribution in [0.15, 0.2) is 60.2 Å². The molecule has 0 saturated carbocycles. The van der Waals surface area contributed by atoms with E-state index in [0.29, 0.717) is 88.7 Å². The zero-order valence-corrected chi connectivity index (χ0v) is 48.6. The molecule has 448 valence electrons. The number of epoxide rings is 1. The first kappa shape index (κ1) is 65.4. The summed E-state index contributed by atoms with van der Waals surface area (Å²) < 4.78 is 29.2. The third-order valence-electron chi connectivity index (χ3n) is 14.3. The van der Waals surface area contributed by atoms with Crippen LogP contribution in [0.5, 0.6) is 0 Å². The third kappa shape index (κ3) is 22.5. The van der Waals surface area contributed by atoms with Crippen LogP contribution in [0, 0.1) is 5.92 Å². The summed E-state index contributed by atoms with van der Waals surface area (Å²) >= 11 is 3.08. The molecular formula is C56H82BrN9O15. The number of rotatable bonds is 28. The Morgan fingerprint density at radius 2 is 1.62 bits per heavy atom. The molecule has 0 aliphatic carbocycles. The van der Waals surface area contributed by atoms with Gasteiger partial charge in [-0.05, 0) is 102 Å². The van der Waals surface area contributed by atoms with Gasteiger partial charge in [0, 0.05) is 57.7 Å². The summed E-state index contributed by atoms with van der Waals surface area (Å²) in [7, 11) is 0. The van der Waals surface area contributed by atoms with Gasteiger partial charge in [-0.3, -0.25) is 33.6 Å². The highest BCUT2D eigenvalue weighted by Gasteiger charge is 2.58. The van der Waals surface area contributed by atoms with E-state index in [0.717, 1.165) is 5.57 Å². The predicted molar refractivity (Wildman–Crippen MR) is 300 cm³/mol. The van der Waals surface area contributed by atoms with Crippen molar-refractivity contribution in [3.05, 3.63) is 65.8 Å². The molecule has 4 fully saturated rings. The highest BCUT2D eigenvalue weighted by atomic mass is 79.9. The molecule has 10 atom stereocenters. The van der Waals surface area contributed by atoms with Crippen LogP contribution in [0.3, 0.4) is 0 Å². The van der Waals surface area contributed by atoms with Crippen LogP contribution in [-0.2, 0) is 63.9 Å². The van der Waals surface area contributed by atoms with Crippen LogP contribution in [0.4, 0.5) is 15.3 Å². The lowest BCUT2D eigenvalue weighted by atomic mass is 9.87. The van der Waals surface area contributed by atoms with E-state index in [9.17, 15) is 48.3 Å². The molecule has 0 radical (unpaired) electrons. The number of aliphatic hydroxyl groups excluding tert-OH is 1. The first-order valence-electron chi connectivity index (χ1n) is 27.8. The summed E-state index contributed by atoms with van der Waals surface area (Å²) in [6.07, 6.45) is 10.1. The molecule has 25 heteroatoms. The van der Waals surface area contributed by atoms with Crippen LogP contribution in [-0.4, -0.2) is 168 Å². The molecule has 8 unspecified atom stereocenters. The minimum absolute atomic E-state index is 0.0670. The number of nitrogens with two attached hydrogens (primary N) is 1. The number of hydrazine groups is 1. The van der Waals surface area contributed by atoms with Crippen molar-refractivity contribution in [2.24, 2.45) is 11.7 Å². The van der Waals surface area contributed by atoms with Crippen molar-refractivity contribution >= 4 is 75.2 Å². The van der Waals surface area contributed by atoms with E-state index in [-0.39, 0.29) is 98.6 Å². The summed E-state index contributed by atoms with van der Waals surface area (Å²) in [5.74, 6) is -2.52. The van der Waals surface area contributed by atoms with E-state index in [1.165, 1.54) is 29.1 Å². The molecule has 9 N–H and O–H groups in total. The Labute approximate surface area is 481 Å². The third-order valence-corrected chi connectivity index (χ3v) is 14.8. The molecule has 0 aromatic heterocycles. The number of hydrogen-bond donors (Lipinski definition) is 8. The summed E-state index contributed by atoms with van der Waals surface area (Å²) in [5.41, 5.74) is 6.21. The van der Waals surface area contributed by atoms with Crippen molar-refractivity contribution in [1.29, 1.82) is 0 Å². The number of nitrogens with one attached hydrogen (secondary N) is 6. The van der Waals surface area contributed by atoms with Gasteiger partial charge in [0.05, 0.1) is 49.3 Å². The average Bonchev–Trinajstić information content (AvgIpc) is 4.41. The summed E-state index contributed by atoms with van der Waals surface area (Å²) in [6, 6.07) is 4.55. The normalized spacial score (nSPS) is 24.4. The Bertz CT molecular complexity index is 2420. The van der Waals surface area contributed by atoms with E-state index >= 15 is 0 Å². The first-order valence-corrected chi connectivity index (χ1v) is 29.0. The van der Waals surface area contributed by atoms with Crippen LogP contribution in [0.2, 0.25) is 0 Å². The van der Waals surface area contributed by atoms with Gasteiger partial charge >= 0.3 is 18.1 Å². The number of carbonyl (C=O) groups is 9. The Balaban J connectivity index is 1.08. The molecule has 4 saturated heterocycles. The molecule has 24 nitrogen and oxygen atoms in total. The number of aliphatic hydroxyl groups is 1. The van der Waals surface area contributed by atoms with Gasteiger partial charge in [0.1, 0.15) is 36.6 Å². The number of allylic oxidation sites excluding steroid dienone is 2. The van der Waals surface area contributed by atoms with Gasteiger partial charge in [0.15, 0.2) is 0 Å². The Hall–Kier alpha value is -6.41. The van der Waals surface area contributed by atoms with E-state index in [2.05, 4.69) is 60.8 Å². The maximum absolute atomic E-state index is 14.0. The van der Waals surface area contributed by atoms with Gasteiger partial charge in [-0.15, -0.1) is 0 Å². The Morgan fingerprint density at radius 3 is 2.31 bits per heavy atom. The molecule has 4 heterocycles. The second-order valence-electron chi connectivity index (χ2n) is 21.1. The highest BCUT2D eigenvalue weighted by molar-refractivity contribution is 9.09. The van der Waals surface area contributed by atoms with Crippen molar-refractivity contribution in [3.63, 3.8) is 0 Å². The molecular weight excluding hydrogens is 1120 g/mol. The number of carbonyl (C=O) groups excluding carboxylic acids is 9. The van der Waals surface area contributed by atoms with Gasteiger partial charge < -0.3 is 66.4 Å². The molecule has 5 rings (SSSR count). The average molecular weight is 1200 g/mol. The number of esters is 1. The second-order valence-corrected chi connectivity index (χ2v) is 21.6. The van der Waals surface area contributed by atoms with Gasteiger partial charge in [0.25, 0.3) is 0 Å². The molecule has 1 aromatic carbocycles. The maximum Gasteiger partial charge on any atom is 0.429 e. The van der Waals surface area contributed by atoms with Crippen molar-refractivity contribution in [2.75, 3.05) is 50.0 Å². The highest BCUT2D eigenvalue weighted by Crippen LogP contribution is 2.43. The number of primary amides is 1. The lowest BCUT2D eigenvalue weighted by molar-refractivity contribution is -0.163. The zero-order chi connectivity index (χ0) is 59.1. The fourth-order valence-corrected chi connectivity index (χ4v) is 9.89. The van der Waals surface area contributed by atoms with Crippen LogP contribution in [0.25, 0.3) is 0 Å². The molecule has 9 amide bonds. The lowest BCUT2D eigenvalue weighted by Crippen LogP contribution is -2.55. The first-order chi connectivity index (χ1) is 38.6. The minimum Gasteiger partial charge on any atom is -0.459 e. The van der Waals surface area contributed by atoms with Crippen molar-refractivity contribution in [3.8, 4) is 0 Å². The van der Waals surface area contributed by atoms with E-state index < -0.39 is 66.0 Å². The Morgan fingerprint density at radius 1 is 0.901 bits per heavy atom. The quantitative estimate of drug-likeness (QED) is 0.0148. The number of alkyl halides is 1. The molecule has 4 aliphatic heterocycles. The van der Waals surface area contributed by atoms with Gasteiger partial charge in [-0.2, -0.15) is 0 Å². The number of ether oxygens (including phenoxy) is 5. The van der Waals surface area contributed by atoms with Gasteiger partial charge in [-0.1, -0.05) is 65.2 Å². The number of halogens is 1. The van der Waals surface area contributed by atoms with Crippen LogP contribution in [0.1, 0.15) is 117 Å². The van der Waals surface area contributed by atoms with E-state index in [1.54, 1.807) is 37.3 Å². The lowest BCUT2D eigenvalue weighted by Gasteiger charge is -2.40. The van der Waals surface area contributed by atoms with Crippen molar-refractivity contribution in [2.45, 2.75) is 173 Å². The monoisotopic (exact) mass is 1200 g/mol. The number of anilines is 1. The molecule has 1 aromatic rings. The maximum atomic E-state index is 14.0.